The lowest BCUT2D eigenvalue weighted by Crippen LogP contribution is -2.21. The molecule has 30 heavy (non-hydrogen) atoms. The van der Waals surface area contributed by atoms with Crippen molar-refractivity contribution in [3.63, 3.8) is 0 Å². The number of hydrogen-bond acceptors (Lipinski definition) is 5. The van der Waals surface area contributed by atoms with Crippen molar-refractivity contribution in [2.75, 3.05) is 29.1 Å². The Morgan fingerprint density at radius 1 is 1.10 bits per heavy atom. The summed E-state index contributed by atoms with van der Waals surface area (Å²) in [6, 6.07) is 15.4. The number of nitrogens with zero attached hydrogens (tertiary/aromatic N) is 4. The number of halogens is 1. The number of aromatic nitrogens is 3. The third-order valence-corrected chi connectivity index (χ3v) is 5.93. The third-order valence-electron chi connectivity index (χ3n) is 4.73. The number of carbonyl (C=O) groups is 1. The van der Waals surface area contributed by atoms with Crippen LogP contribution in [0, 0.1) is 0 Å². The van der Waals surface area contributed by atoms with Gasteiger partial charge in [0.25, 0.3) is 0 Å². The van der Waals surface area contributed by atoms with Crippen LogP contribution >= 0.6 is 23.4 Å². The molecule has 6 nitrogen and oxygen atoms in total. The minimum atomic E-state index is -0.0782. The van der Waals surface area contributed by atoms with Gasteiger partial charge in [-0.3, -0.25) is 4.79 Å². The maximum Gasteiger partial charge on any atom is 0.234 e. The second-order valence-corrected chi connectivity index (χ2v) is 8.00. The van der Waals surface area contributed by atoms with E-state index in [1.165, 1.54) is 11.8 Å². The highest BCUT2D eigenvalue weighted by Crippen LogP contribution is 2.26. The van der Waals surface area contributed by atoms with Gasteiger partial charge in [0, 0.05) is 41.6 Å². The Morgan fingerprint density at radius 3 is 2.47 bits per heavy atom. The minimum absolute atomic E-state index is 0.0782. The normalized spacial score (nSPS) is 10.8. The molecule has 3 aromatic rings. The summed E-state index contributed by atoms with van der Waals surface area (Å²) in [5, 5.41) is 12.9. The minimum Gasteiger partial charge on any atom is -0.372 e. The van der Waals surface area contributed by atoms with Crippen molar-refractivity contribution in [1.82, 2.24) is 14.8 Å². The van der Waals surface area contributed by atoms with Crippen LogP contribution in [-0.2, 0) is 11.3 Å². The van der Waals surface area contributed by atoms with E-state index in [1.807, 2.05) is 60.0 Å². The van der Waals surface area contributed by atoms with Crippen molar-refractivity contribution in [1.29, 1.82) is 0 Å². The van der Waals surface area contributed by atoms with Gasteiger partial charge in [-0.2, -0.15) is 0 Å². The van der Waals surface area contributed by atoms with E-state index in [-0.39, 0.29) is 11.7 Å². The molecule has 1 heterocycles. The molecule has 0 saturated heterocycles. The fourth-order valence-corrected chi connectivity index (χ4v) is 4.19. The predicted molar refractivity (Wildman–Crippen MR) is 125 cm³/mol. The topological polar surface area (TPSA) is 63.1 Å². The summed E-state index contributed by atoms with van der Waals surface area (Å²) >= 11 is 7.47. The van der Waals surface area contributed by atoms with Crippen molar-refractivity contribution >= 4 is 40.6 Å². The van der Waals surface area contributed by atoms with Crippen LogP contribution < -0.4 is 10.2 Å². The third kappa shape index (κ3) is 5.34. The number of amides is 1. The highest BCUT2D eigenvalue weighted by molar-refractivity contribution is 7.99. The van der Waals surface area contributed by atoms with Crippen LogP contribution in [0.1, 0.15) is 20.8 Å². The maximum absolute atomic E-state index is 12.4. The first-order chi connectivity index (χ1) is 14.5. The molecule has 0 saturated carbocycles. The fourth-order valence-electron chi connectivity index (χ4n) is 3.19. The summed E-state index contributed by atoms with van der Waals surface area (Å²) in [6.07, 6.45) is 0. The Morgan fingerprint density at radius 2 is 1.83 bits per heavy atom. The SMILES string of the molecule is CCN(CC)c1ccc(NC(=O)CSc2nnc(-c3cccc(Cl)c3)n2CC)cc1. The molecule has 1 amide bonds. The molecule has 0 spiro atoms. The standard InChI is InChI=1S/C22H26ClN5OS/c1-4-27(5-2)19-12-10-18(11-13-19)24-20(29)15-30-22-26-25-21(28(22)6-3)16-8-7-9-17(23)14-16/h7-14H,4-6,15H2,1-3H3,(H,24,29). The molecule has 8 heteroatoms. The van der Waals surface area contributed by atoms with Gasteiger partial charge in [0.15, 0.2) is 11.0 Å². The van der Waals surface area contributed by atoms with Gasteiger partial charge in [-0.15, -0.1) is 10.2 Å². The Bertz CT molecular complexity index is 985. The molecular weight excluding hydrogens is 418 g/mol. The average molecular weight is 444 g/mol. The van der Waals surface area contributed by atoms with Crippen LogP contribution in [-0.4, -0.2) is 39.5 Å². The van der Waals surface area contributed by atoms with E-state index < -0.39 is 0 Å². The van der Waals surface area contributed by atoms with E-state index in [1.54, 1.807) is 0 Å². The second-order valence-electron chi connectivity index (χ2n) is 6.62. The van der Waals surface area contributed by atoms with Gasteiger partial charge in [0.05, 0.1) is 5.75 Å². The first-order valence-electron chi connectivity index (χ1n) is 10.0. The van der Waals surface area contributed by atoms with E-state index >= 15 is 0 Å². The van der Waals surface area contributed by atoms with Gasteiger partial charge in [-0.25, -0.2) is 0 Å². The van der Waals surface area contributed by atoms with Crippen molar-refractivity contribution in [2.45, 2.75) is 32.5 Å². The van der Waals surface area contributed by atoms with Crippen molar-refractivity contribution in [2.24, 2.45) is 0 Å². The van der Waals surface area contributed by atoms with Gasteiger partial charge < -0.3 is 14.8 Å². The summed E-state index contributed by atoms with van der Waals surface area (Å²) < 4.78 is 1.99. The lowest BCUT2D eigenvalue weighted by molar-refractivity contribution is -0.113. The van der Waals surface area contributed by atoms with E-state index in [4.69, 9.17) is 11.6 Å². The van der Waals surface area contributed by atoms with Crippen molar-refractivity contribution < 1.29 is 4.79 Å². The van der Waals surface area contributed by atoms with Crippen molar-refractivity contribution in [3.8, 4) is 11.4 Å². The molecule has 0 aliphatic rings. The van der Waals surface area contributed by atoms with Crippen LogP contribution in [0.25, 0.3) is 11.4 Å². The number of carbonyl (C=O) groups excluding carboxylic acids is 1. The van der Waals surface area contributed by atoms with E-state index in [2.05, 4.69) is 34.3 Å². The molecule has 158 valence electrons. The lowest BCUT2D eigenvalue weighted by atomic mass is 10.2. The predicted octanol–water partition coefficient (Wildman–Crippen LogP) is 5.20. The quantitative estimate of drug-likeness (QED) is 0.461. The molecular formula is C22H26ClN5OS. The van der Waals surface area contributed by atoms with E-state index in [0.717, 1.165) is 35.9 Å². The van der Waals surface area contributed by atoms with Crippen molar-refractivity contribution in [3.05, 3.63) is 53.6 Å². The van der Waals surface area contributed by atoms with Crippen LogP contribution in [0.5, 0.6) is 0 Å². The molecule has 3 rings (SSSR count). The summed E-state index contributed by atoms with van der Waals surface area (Å²) in [6.45, 7) is 8.89. The molecule has 0 bridgehead atoms. The Kier molecular flexibility index (Phi) is 7.76. The highest BCUT2D eigenvalue weighted by atomic mass is 35.5. The number of anilines is 2. The molecule has 1 aromatic heterocycles. The highest BCUT2D eigenvalue weighted by Gasteiger charge is 2.15. The zero-order chi connectivity index (χ0) is 21.5. The molecule has 0 aliphatic carbocycles. The summed E-state index contributed by atoms with van der Waals surface area (Å²) in [5.41, 5.74) is 2.84. The Labute approximate surface area is 186 Å². The number of nitrogens with one attached hydrogen (secondary N) is 1. The van der Waals surface area contributed by atoms with Crippen LogP contribution in [0.15, 0.2) is 53.7 Å². The molecule has 0 fully saturated rings. The number of rotatable bonds is 9. The smallest absolute Gasteiger partial charge is 0.234 e. The first kappa shape index (κ1) is 22.2. The number of hydrogen-bond donors (Lipinski definition) is 1. The first-order valence-corrected chi connectivity index (χ1v) is 11.4. The molecule has 1 N–H and O–H groups in total. The average Bonchev–Trinajstić information content (AvgIpc) is 3.17. The molecule has 0 aliphatic heterocycles. The monoisotopic (exact) mass is 443 g/mol. The lowest BCUT2D eigenvalue weighted by Gasteiger charge is -2.21. The number of thioether (sulfide) groups is 1. The Hall–Kier alpha value is -2.51. The molecule has 0 unspecified atom stereocenters. The molecule has 2 aromatic carbocycles. The molecule has 0 radical (unpaired) electrons. The van der Waals surface area contributed by atoms with E-state index in [9.17, 15) is 4.79 Å². The second kappa shape index (κ2) is 10.5. The van der Waals surface area contributed by atoms with Gasteiger partial charge in [0.2, 0.25) is 5.91 Å². The molecule has 0 atom stereocenters. The Balaban J connectivity index is 1.62. The van der Waals surface area contributed by atoms with E-state index in [0.29, 0.717) is 16.7 Å². The zero-order valence-electron chi connectivity index (χ0n) is 17.4. The summed E-state index contributed by atoms with van der Waals surface area (Å²) in [5.74, 6) is 0.923. The van der Waals surface area contributed by atoms with Gasteiger partial charge in [0.1, 0.15) is 0 Å². The largest absolute Gasteiger partial charge is 0.372 e. The van der Waals surface area contributed by atoms with Crippen LogP contribution in [0.3, 0.4) is 0 Å². The fraction of sp³-hybridized carbons (Fsp3) is 0.318. The maximum atomic E-state index is 12.4. The van der Waals surface area contributed by atoms with Gasteiger partial charge >= 0.3 is 0 Å². The summed E-state index contributed by atoms with van der Waals surface area (Å²) in [4.78, 5) is 14.7. The van der Waals surface area contributed by atoms with Crippen LogP contribution in [0.2, 0.25) is 5.02 Å². The van der Waals surface area contributed by atoms with Gasteiger partial charge in [-0.1, -0.05) is 35.5 Å². The number of benzene rings is 2. The zero-order valence-corrected chi connectivity index (χ0v) is 19.0. The van der Waals surface area contributed by atoms with Crippen LogP contribution in [0.4, 0.5) is 11.4 Å². The van der Waals surface area contributed by atoms with Gasteiger partial charge in [-0.05, 0) is 57.2 Å². The summed E-state index contributed by atoms with van der Waals surface area (Å²) in [7, 11) is 0.